The average Bonchev–Trinajstić information content (AvgIpc) is 3.49. The van der Waals surface area contributed by atoms with Crippen LogP contribution in [0.3, 0.4) is 0 Å². The fraction of sp³-hybridized carbons (Fsp3) is 0.308. The molecule has 4 rings (SSSR count). The number of aryl methyl sites for hydroxylation is 1. The number of amides is 2. The van der Waals surface area contributed by atoms with Crippen LogP contribution in [0.1, 0.15) is 34.5 Å². The summed E-state index contributed by atoms with van der Waals surface area (Å²) in [5.74, 6) is -0.461. The van der Waals surface area contributed by atoms with E-state index in [4.69, 9.17) is 9.15 Å². The zero-order valence-electron chi connectivity index (χ0n) is 18.8. The van der Waals surface area contributed by atoms with Crippen molar-refractivity contribution in [1.82, 2.24) is 4.90 Å². The highest BCUT2D eigenvalue weighted by Crippen LogP contribution is 2.24. The van der Waals surface area contributed by atoms with Crippen LogP contribution < -0.4 is 5.32 Å². The van der Waals surface area contributed by atoms with Crippen LogP contribution in [0.2, 0.25) is 0 Å². The Bertz CT molecular complexity index is 1130. The Kier molecular flexibility index (Phi) is 6.89. The third-order valence-corrected chi connectivity index (χ3v) is 5.89. The summed E-state index contributed by atoms with van der Waals surface area (Å²) in [5.41, 5.74) is 3.44. The molecule has 2 heterocycles. The maximum absolute atomic E-state index is 13.3. The smallest absolute Gasteiger partial charge is 0.290 e. The topological polar surface area (TPSA) is 71.8 Å². The molecule has 6 nitrogen and oxygen atoms in total. The van der Waals surface area contributed by atoms with Gasteiger partial charge in [-0.3, -0.25) is 9.59 Å². The molecule has 172 valence electrons. The van der Waals surface area contributed by atoms with E-state index in [1.807, 2.05) is 32.0 Å². The molecule has 33 heavy (non-hydrogen) atoms. The van der Waals surface area contributed by atoms with Crippen molar-refractivity contribution in [1.29, 1.82) is 0 Å². The lowest BCUT2D eigenvalue weighted by molar-refractivity contribution is -0.117. The Morgan fingerprint density at radius 2 is 1.88 bits per heavy atom. The van der Waals surface area contributed by atoms with E-state index in [-0.39, 0.29) is 30.1 Å². The highest BCUT2D eigenvalue weighted by Gasteiger charge is 2.27. The first kappa shape index (κ1) is 22.7. The first-order chi connectivity index (χ1) is 15.9. The minimum Gasteiger partial charge on any atom is -0.451 e. The Morgan fingerprint density at radius 1 is 1.09 bits per heavy atom. The van der Waals surface area contributed by atoms with Gasteiger partial charge in [0.25, 0.3) is 5.91 Å². The Labute approximate surface area is 192 Å². The SMILES string of the molecule is Cc1cccc(NC(=O)CN(C[C@H]2CCCO2)C(=O)c2ccc(-c3ccc(F)cc3)o2)c1C. The van der Waals surface area contributed by atoms with E-state index in [0.29, 0.717) is 24.5 Å². The number of carbonyl (C=O) groups is 2. The summed E-state index contributed by atoms with van der Waals surface area (Å²) >= 11 is 0. The van der Waals surface area contributed by atoms with Crippen molar-refractivity contribution in [3.63, 3.8) is 0 Å². The Balaban J connectivity index is 1.51. The van der Waals surface area contributed by atoms with Crippen molar-refractivity contribution in [3.8, 4) is 11.3 Å². The molecule has 0 unspecified atom stereocenters. The van der Waals surface area contributed by atoms with Gasteiger partial charge in [-0.1, -0.05) is 12.1 Å². The van der Waals surface area contributed by atoms with E-state index >= 15 is 0 Å². The fourth-order valence-electron chi connectivity index (χ4n) is 3.88. The number of hydrogen-bond donors (Lipinski definition) is 1. The van der Waals surface area contributed by atoms with Gasteiger partial charge in [0.1, 0.15) is 18.1 Å². The largest absolute Gasteiger partial charge is 0.451 e. The molecule has 1 saturated heterocycles. The maximum Gasteiger partial charge on any atom is 0.290 e. The van der Waals surface area contributed by atoms with E-state index in [1.165, 1.54) is 17.0 Å². The summed E-state index contributed by atoms with van der Waals surface area (Å²) in [7, 11) is 0. The highest BCUT2D eigenvalue weighted by molar-refractivity contribution is 5.98. The number of anilines is 1. The molecule has 2 amide bonds. The molecule has 1 aliphatic rings. The van der Waals surface area contributed by atoms with Crippen LogP contribution in [0.25, 0.3) is 11.3 Å². The van der Waals surface area contributed by atoms with Gasteiger partial charge in [0.15, 0.2) is 5.76 Å². The lowest BCUT2D eigenvalue weighted by Gasteiger charge is -2.24. The molecule has 0 saturated carbocycles. The van der Waals surface area contributed by atoms with Gasteiger partial charge >= 0.3 is 0 Å². The Hall–Kier alpha value is -3.45. The van der Waals surface area contributed by atoms with Crippen LogP contribution in [0.5, 0.6) is 0 Å². The number of rotatable bonds is 7. The number of furan rings is 1. The number of hydrogen-bond acceptors (Lipinski definition) is 4. The molecule has 1 fully saturated rings. The van der Waals surface area contributed by atoms with Gasteiger partial charge in [-0.15, -0.1) is 0 Å². The van der Waals surface area contributed by atoms with Crippen LogP contribution in [-0.4, -0.2) is 42.5 Å². The highest BCUT2D eigenvalue weighted by atomic mass is 19.1. The zero-order chi connectivity index (χ0) is 23.4. The average molecular weight is 451 g/mol. The van der Waals surface area contributed by atoms with Gasteiger partial charge in [-0.05, 0) is 80.3 Å². The number of nitrogens with zero attached hydrogens (tertiary/aromatic N) is 1. The lowest BCUT2D eigenvalue weighted by atomic mass is 10.1. The van der Waals surface area contributed by atoms with Crippen LogP contribution >= 0.6 is 0 Å². The zero-order valence-corrected chi connectivity index (χ0v) is 18.8. The van der Waals surface area contributed by atoms with Crippen LogP contribution in [0.15, 0.2) is 59.0 Å². The van der Waals surface area contributed by atoms with E-state index in [0.717, 1.165) is 29.7 Å². The Morgan fingerprint density at radius 3 is 2.61 bits per heavy atom. The molecule has 0 bridgehead atoms. The minimum atomic E-state index is -0.394. The van der Waals surface area contributed by atoms with Gasteiger partial charge in [-0.2, -0.15) is 0 Å². The normalized spacial score (nSPS) is 15.4. The number of halogens is 1. The number of carbonyl (C=O) groups excluding carboxylic acids is 2. The molecule has 7 heteroatoms. The molecule has 1 aliphatic heterocycles. The predicted octanol–water partition coefficient (Wildman–Crippen LogP) is 4.96. The third-order valence-electron chi connectivity index (χ3n) is 5.89. The predicted molar refractivity (Wildman–Crippen MR) is 124 cm³/mol. The summed E-state index contributed by atoms with van der Waals surface area (Å²) in [6, 6.07) is 14.8. The molecule has 0 radical (unpaired) electrons. The monoisotopic (exact) mass is 450 g/mol. The number of ether oxygens (including phenoxy) is 1. The third kappa shape index (κ3) is 5.49. The first-order valence-electron chi connectivity index (χ1n) is 11.0. The second-order valence-electron chi connectivity index (χ2n) is 8.29. The molecule has 2 aromatic carbocycles. The van der Waals surface area contributed by atoms with Gasteiger partial charge in [0, 0.05) is 24.4 Å². The first-order valence-corrected chi connectivity index (χ1v) is 11.0. The maximum atomic E-state index is 13.3. The second-order valence-corrected chi connectivity index (χ2v) is 8.29. The summed E-state index contributed by atoms with van der Waals surface area (Å²) in [4.78, 5) is 27.6. The quantitative estimate of drug-likeness (QED) is 0.552. The van der Waals surface area contributed by atoms with E-state index in [1.54, 1.807) is 24.3 Å². The molecule has 0 spiro atoms. The van der Waals surface area contributed by atoms with Crippen LogP contribution in [0.4, 0.5) is 10.1 Å². The molecular weight excluding hydrogens is 423 g/mol. The van der Waals surface area contributed by atoms with E-state index < -0.39 is 5.91 Å². The minimum absolute atomic E-state index is 0.117. The van der Waals surface area contributed by atoms with Crippen molar-refractivity contribution in [2.45, 2.75) is 32.8 Å². The van der Waals surface area contributed by atoms with Crippen molar-refractivity contribution in [2.24, 2.45) is 0 Å². The molecule has 1 N–H and O–H groups in total. The standard InChI is InChI=1S/C26H27FN2O4/c1-17-5-3-7-22(18(17)2)28-25(30)16-29(15-21-6-4-14-32-21)26(31)24-13-12-23(33-24)19-8-10-20(27)11-9-19/h3,5,7-13,21H,4,6,14-16H2,1-2H3,(H,28,30)/t21-/m1/s1. The van der Waals surface area contributed by atoms with Crippen molar-refractivity contribution >= 4 is 17.5 Å². The van der Waals surface area contributed by atoms with Gasteiger partial charge in [-0.25, -0.2) is 4.39 Å². The van der Waals surface area contributed by atoms with E-state index in [2.05, 4.69) is 5.32 Å². The molecule has 1 aromatic heterocycles. The van der Waals surface area contributed by atoms with Crippen molar-refractivity contribution < 1.29 is 23.1 Å². The summed E-state index contributed by atoms with van der Waals surface area (Å²) < 4.78 is 24.7. The van der Waals surface area contributed by atoms with Crippen LogP contribution in [-0.2, 0) is 9.53 Å². The molecule has 1 atom stereocenters. The summed E-state index contributed by atoms with van der Waals surface area (Å²) in [6.07, 6.45) is 1.65. The van der Waals surface area contributed by atoms with Gasteiger partial charge in [0.2, 0.25) is 5.91 Å². The molecule has 0 aliphatic carbocycles. The number of nitrogens with one attached hydrogen (secondary N) is 1. The van der Waals surface area contributed by atoms with Gasteiger partial charge < -0.3 is 19.4 Å². The van der Waals surface area contributed by atoms with Gasteiger partial charge in [0.05, 0.1) is 6.10 Å². The molecule has 3 aromatic rings. The van der Waals surface area contributed by atoms with Crippen LogP contribution in [0, 0.1) is 19.7 Å². The fourth-order valence-corrected chi connectivity index (χ4v) is 3.88. The lowest BCUT2D eigenvalue weighted by Crippen LogP contribution is -2.42. The second kappa shape index (κ2) is 10.0. The summed E-state index contributed by atoms with van der Waals surface area (Å²) in [5, 5.41) is 2.91. The van der Waals surface area contributed by atoms with Crippen molar-refractivity contribution in [3.05, 3.63) is 77.3 Å². The summed E-state index contributed by atoms with van der Waals surface area (Å²) in [6.45, 7) is 4.75. The van der Waals surface area contributed by atoms with Crippen molar-refractivity contribution in [2.75, 3.05) is 25.0 Å². The number of benzene rings is 2. The van der Waals surface area contributed by atoms with E-state index in [9.17, 15) is 14.0 Å². The molecular formula is C26H27FN2O4.